The molecule has 3 aromatic rings. The number of amides is 2. The minimum Gasteiger partial charge on any atom is -0.443 e. The summed E-state index contributed by atoms with van der Waals surface area (Å²) in [7, 11) is 0. The van der Waals surface area contributed by atoms with Crippen LogP contribution in [0.15, 0.2) is 65.8 Å². The first-order valence-electron chi connectivity index (χ1n) is 11.9. The largest absolute Gasteiger partial charge is 0.443 e. The quantitative estimate of drug-likeness (QED) is 0.311. The number of nitrogens with zero attached hydrogens (tertiary/aromatic N) is 4. The fourth-order valence-electron chi connectivity index (χ4n) is 3.31. The molecule has 9 nitrogen and oxygen atoms in total. The van der Waals surface area contributed by atoms with Crippen LogP contribution in [-0.4, -0.2) is 48.3 Å². The van der Waals surface area contributed by atoms with Gasteiger partial charge in [0.2, 0.25) is 12.3 Å². The first-order chi connectivity index (χ1) is 17.3. The van der Waals surface area contributed by atoms with E-state index in [1.807, 2.05) is 51.1 Å². The molecule has 2 atom stereocenters. The summed E-state index contributed by atoms with van der Waals surface area (Å²) in [6.07, 6.45) is -2.19. The molecule has 37 heavy (non-hydrogen) atoms. The Balaban J connectivity index is 1.96. The molecule has 0 bridgehead atoms. The molecule has 0 radical (unpaired) electrons. The summed E-state index contributed by atoms with van der Waals surface area (Å²) in [6.45, 7) is 12.3. The van der Waals surface area contributed by atoms with E-state index in [0.717, 1.165) is 22.2 Å². The number of imide groups is 1. The third-order valence-corrected chi connectivity index (χ3v) is 5.86. The maximum atomic E-state index is 13.6. The van der Waals surface area contributed by atoms with E-state index < -0.39 is 34.9 Å². The molecular weight excluding hydrogens is 492 g/mol. The standard InChI is InChI=1S/C27H34N4O5S/c1-18(22(32)30(20-16-12-9-13-17-20)24(33)35-26(2,3)4)37-23-29-28-21(19-14-10-8-11-15-19)31(23)25(34)36-27(5,6)7/h8-18,25,34H,1-7H3. The van der Waals surface area contributed by atoms with Gasteiger partial charge in [-0.3, -0.25) is 9.36 Å². The van der Waals surface area contributed by atoms with E-state index in [1.54, 1.807) is 58.0 Å². The normalized spacial score (nSPS) is 13.6. The minimum atomic E-state index is -1.41. The molecule has 0 aliphatic rings. The number of hydrogen-bond donors (Lipinski definition) is 1. The lowest BCUT2D eigenvalue weighted by molar-refractivity contribution is -0.212. The van der Waals surface area contributed by atoms with E-state index in [0.29, 0.717) is 11.5 Å². The molecule has 0 saturated heterocycles. The molecule has 1 heterocycles. The maximum Gasteiger partial charge on any atom is 0.421 e. The second-order valence-corrected chi connectivity index (χ2v) is 11.7. The van der Waals surface area contributed by atoms with E-state index in [-0.39, 0.29) is 5.16 Å². The molecule has 2 aromatic carbocycles. The van der Waals surface area contributed by atoms with Crippen molar-refractivity contribution in [3.63, 3.8) is 0 Å². The average Bonchev–Trinajstić information content (AvgIpc) is 3.22. The number of rotatable bonds is 7. The summed E-state index contributed by atoms with van der Waals surface area (Å²) in [5.74, 6) is -0.126. The average molecular weight is 527 g/mol. The number of aliphatic hydroxyl groups is 1. The van der Waals surface area contributed by atoms with Crippen LogP contribution in [0.2, 0.25) is 0 Å². The van der Waals surface area contributed by atoms with Gasteiger partial charge >= 0.3 is 6.09 Å². The van der Waals surface area contributed by atoms with Gasteiger partial charge < -0.3 is 14.6 Å². The van der Waals surface area contributed by atoms with Crippen LogP contribution in [-0.2, 0) is 14.3 Å². The van der Waals surface area contributed by atoms with Gasteiger partial charge in [-0.2, -0.15) is 0 Å². The SMILES string of the molecule is CC(Sc1nnc(-c2ccccc2)n1C(O)OC(C)(C)C)C(=O)N(C(=O)OC(C)(C)C)c1ccccc1. The van der Waals surface area contributed by atoms with Crippen LogP contribution in [0.5, 0.6) is 0 Å². The van der Waals surface area contributed by atoms with Crippen molar-refractivity contribution in [1.82, 2.24) is 14.8 Å². The summed E-state index contributed by atoms with van der Waals surface area (Å²) >= 11 is 1.06. The maximum absolute atomic E-state index is 13.6. The highest BCUT2D eigenvalue weighted by atomic mass is 32.2. The molecule has 0 fully saturated rings. The molecular formula is C27H34N4O5S. The number of para-hydroxylation sites is 1. The van der Waals surface area contributed by atoms with Crippen molar-refractivity contribution >= 4 is 29.4 Å². The van der Waals surface area contributed by atoms with Crippen LogP contribution < -0.4 is 4.90 Å². The lowest BCUT2D eigenvalue weighted by Gasteiger charge is -2.28. The zero-order chi connectivity index (χ0) is 27.4. The summed E-state index contributed by atoms with van der Waals surface area (Å²) in [5.41, 5.74) is -0.351. The van der Waals surface area contributed by atoms with Gasteiger partial charge in [0.15, 0.2) is 11.0 Å². The lowest BCUT2D eigenvalue weighted by atomic mass is 10.2. The van der Waals surface area contributed by atoms with Crippen LogP contribution in [0, 0.1) is 0 Å². The van der Waals surface area contributed by atoms with Crippen LogP contribution >= 0.6 is 11.8 Å². The summed E-state index contributed by atoms with van der Waals surface area (Å²) < 4.78 is 12.8. The Hall–Kier alpha value is -3.21. The highest BCUT2D eigenvalue weighted by molar-refractivity contribution is 8.00. The van der Waals surface area contributed by atoms with Crippen LogP contribution in [0.4, 0.5) is 10.5 Å². The molecule has 10 heteroatoms. The number of aromatic nitrogens is 3. The first-order valence-corrected chi connectivity index (χ1v) is 12.8. The number of ether oxygens (including phenoxy) is 2. The van der Waals surface area contributed by atoms with Crippen LogP contribution in [0.1, 0.15) is 54.9 Å². The van der Waals surface area contributed by atoms with Gasteiger partial charge in [0.25, 0.3) is 0 Å². The fraction of sp³-hybridized carbons (Fsp3) is 0.407. The van der Waals surface area contributed by atoms with E-state index in [4.69, 9.17) is 9.47 Å². The molecule has 198 valence electrons. The number of hydrogen-bond acceptors (Lipinski definition) is 8. The number of thioether (sulfide) groups is 1. The van der Waals surface area contributed by atoms with Crippen molar-refractivity contribution in [2.24, 2.45) is 0 Å². The Morgan fingerprint density at radius 1 is 0.919 bits per heavy atom. The van der Waals surface area contributed by atoms with Crippen LogP contribution in [0.3, 0.4) is 0 Å². The number of aliphatic hydroxyl groups excluding tert-OH is 1. The zero-order valence-electron chi connectivity index (χ0n) is 22.2. The van der Waals surface area contributed by atoms with Crippen molar-refractivity contribution in [2.75, 3.05) is 4.90 Å². The van der Waals surface area contributed by atoms with Gasteiger partial charge in [0, 0.05) is 5.56 Å². The second-order valence-electron chi connectivity index (χ2n) is 10.3. The molecule has 0 spiro atoms. The lowest BCUT2D eigenvalue weighted by Crippen LogP contribution is -2.44. The van der Waals surface area contributed by atoms with Crippen LogP contribution in [0.25, 0.3) is 11.4 Å². The second kappa shape index (κ2) is 11.5. The van der Waals surface area contributed by atoms with Crippen molar-refractivity contribution in [3.05, 3.63) is 60.7 Å². The number of carbonyl (C=O) groups is 2. The predicted molar refractivity (Wildman–Crippen MR) is 143 cm³/mol. The Morgan fingerprint density at radius 3 is 2.03 bits per heavy atom. The van der Waals surface area contributed by atoms with Gasteiger partial charge in [-0.25, -0.2) is 9.69 Å². The molecule has 3 rings (SSSR count). The van der Waals surface area contributed by atoms with Gasteiger partial charge in [0.1, 0.15) is 5.60 Å². The van der Waals surface area contributed by atoms with E-state index in [2.05, 4.69) is 10.2 Å². The molecule has 1 N–H and O–H groups in total. The Morgan fingerprint density at radius 2 is 1.49 bits per heavy atom. The topological polar surface area (TPSA) is 107 Å². The number of benzene rings is 2. The Labute approximate surface area is 221 Å². The Bertz CT molecular complexity index is 1200. The van der Waals surface area contributed by atoms with Gasteiger partial charge in [-0.05, 0) is 60.6 Å². The van der Waals surface area contributed by atoms with E-state index in [9.17, 15) is 14.7 Å². The summed E-state index contributed by atoms with van der Waals surface area (Å²) in [4.78, 5) is 27.7. The third-order valence-electron chi connectivity index (χ3n) is 4.82. The van der Waals surface area contributed by atoms with E-state index in [1.165, 1.54) is 4.57 Å². The molecule has 2 unspecified atom stereocenters. The molecule has 0 saturated carbocycles. The predicted octanol–water partition coefficient (Wildman–Crippen LogP) is 5.66. The van der Waals surface area contributed by atoms with Crippen molar-refractivity contribution in [3.8, 4) is 11.4 Å². The first kappa shape index (κ1) is 28.4. The molecule has 1 aromatic heterocycles. The number of anilines is 1. The van der Waals surface area contributed by atoms with Crippen molar-refractivity contribution in [1.29, 1.82) is 0 Å². The fourth-order valence-corrected chi connectivity index (χ4v) is 4.21. The van der Waals surface area contributed by atoms with Gasteiger partial charge in [-0.15, -0.1) is 10.2 Å². The molecule has 2 amide bonds. The molecule has 0 aliphatic heterocycles. The van der Waals surface area contributed by atoms with Gasteiger partial charge in [0.05, 0.1) is 16.5 Å². The van der Waals surface area contributed by atoms with Gasteiger partial charge in [-0.1, -0.05) is 60.3 Å². The monoisotopic (exact) mass is 526 g/mol. The minimum absolute atomic E-state index is 0.258. The van der Waals surface area contributed by atoms with Crippen molar-refractivity contribution < 1.29 is 24.2 Å². The van der Waals surface area contributed by atoms with E-state index >= 15 is 0 Å². The smallest absolute Gasteiger partial charge is 0.421 e. The number of carbonyl (C=O) groups excluding carboxylic acids is 2. The zero-order valence-corrected chi connectivity index (χ0v) is 23.0. The summed E-state index contributed by atoms with van der Waals surface area (Å²) in [6, 6.07) is 17.8. The van der Waals surface area contributed by atoms with Crippen molar-refractivity contribution in [2.45, 2.75) is 76.5 Å². The molecule has 0 aliphatic carbocycles. The highest BCUT2D eigenvalue weighted by Gasteiger charge is 2.34. The third kappa shape index (κ3) is 7.64. The highest BCUT2D eigenvalue weighted by Crippen LogP contribution is 2.32. The summed E-state index contributed by atoms with van der Waals surface area (Å²) in [5, 5.41) is 19.0. The Kier molecular flexibility index (Phi) is 8.78.